The van der Waals surface area contributed by atoms with Gasteiger partial charge in [-0.25, -0.2) is 18.1 Å². The van der Waals surface area contributed by atoms with E-state index in [0.29, 0.717) is 31.1 Å². The van der Waals surface area contributed by atoms with E-state index in [9.17, 15) is 13.2 Å². The number of halogens is 1. The Morgan fingerprint density at radius 1 is 1.11 bits per heavy atom. The zero-order chi connectivity index (χ0) is 20.1. The van der Waals surface area contributed by atoms with Crippen molar-refractivity contribution in [3.63, 3.8) is 0 Å². The molecule has 7 nitrogen and oxygen atoms in total. The summed E-state index contributed by atoms with van der Waals surface area (Å²) in [6.07, 6.45) is 0.975. The zero-order valence-corrected chi connectivity index (χ0v) is 17.2. The number of rotatable bonds is 6. The van der Waals surface area contributed by atoms with Crippen molar-refractivity contribution >= 4 is 33.3 Å². The number of amides is 1. The van der Waals surface area contributed by atoms with Gasteiger partial charge in [0.15, 0.2) is 0 Å². The van der Waals surface area contributed by atoms with E-state index in [1.807, 2.05) is 17.0 Å². The molecule has 0 saturated carbocycles. The lowest BCUT2D eigenvalue weighted by atomic mass is 10.1. The number of nitrogens with one attached hydrogen (secondary N) is 1. The fraction of sp³-hybridized carbons (Fsp3) is 0.368. The van der Waals surface area contributed by atoms with Crippen LogP contribution < -0.4 is 9.62 Å². The second kappa shape index (κ2) is 8.89. The van der Waals surface area contributed by atoms with Crippen LogP contribution in [0.1, 0.15) is 12.0 Å². The molecular weight excluding hydrogens is 400 g/mol. The molecule has 3 rings (SSSR count). The molecule has 0 bridgehead atoms. The Morgan fingerprint density at radius 2 is 1.79 bits per heavy atom. The SMILES string of the molecule is CNS(=O)(=O)c1ccc(CCC(=O)N2CCN(c3cccc(Cl)n3)CC2)cc1. The monoisotopic (exact) mass is 422 g/mol. The van der Waals surface area contributed by atoms with Gasteiger partial charge in [0, 0.05) is 32.6 Å². The first-order chi connectivity index (χ1) is 13.4. The van der Waals surface area contributed by atoms with Crippen LogP contribution in [-0.2, 0) is 21.2 Å². The van der Waals surface area contributed by atoms with Crippen LogP contribution in [0.2, 0.25) is 5.15 Å². The van der Waals surface area contributed by atoms with Crippen molar-refractivity contribution in [2.45, 2.75) is 17.7 Å². The molecule has 0 aliphatic carbocycles. The van der Waals surface area contributed by atoms with Crippen LogP contribution in [0.3, 0.4) is 0 Å². The second-order valence-electron chi connectivity index (χ2n) is 6.54. The van der Waals surface area contributed by atoms with Crippen LogP contribution in [-0.4, -0.2) is 57.4 Å². The highest BCUT2D eigenvalue weighted by atomic mass is 35.5. The molecule has 0 unspecified atom stereocenters. The maximum atomic E-state index is 12.5. The summed E-state index contributed by atoms with van der Waals surface area (Å²) in [6.45, 7) is 2.73. The van der Waals surface area contributed by atoms with Gasteiger partial charge in [0.25, 0.3) is 0 Å². The molecule has 1 aliphatic rings. The normalized spacial score (nSPS) is 14.9. The molecule has 1 amide bonds. The summed E-state index contributed by atoms with van der Waals surface area (Å²) in [5.41, 5.74) is 0.935. The summed E-state index contributed by atoms with van der Waals surface area (Å²) in [4.78, 5) is 21.0. The molecule has 1 aliphatic heterocycles. The number of hydrogen-bond donors (Lipinski definition) is 1. The maximum absolute atomic E-state index is 12.5. The van der Waals surface area contributed by atoms with Gasteiger partial charge >= 0.3 is 0 Å². The van der Waals surface area contributed by atoms with Crippen LogP contribution in [0.5, 0.6) is 0 Å². The topological polar surface area (TPSA) is 82.6 Å². The van der Waals surface area contributed by atoms with E-state index in [4.69, 9.17) is 11.6 Å². The number of piperazine rings is 1. The highest BCUT2D eigenvalue weighted by molar-refractivity contribution is 7.89. The van der Waals surface area contributed by atoms with E-state index in [1.54, 1.807) is 30.3 Å². The highest BCUT2D eigenvalue weighted by Gasteiger charge is 2.21. The van der Waals surface area contributed by atoms with Gasteiger partial charge in [0.05, 0.1) is 4.90 Å². The van der Waals surface area contributed by atoms with Crippen molar-refractivity contribution in [2.24, 2.45) is 0 Å². The third kappa shape index (κ3) is 5.01. The highest BCUT2D eigenvalue weighted by Crippen LogP contribution is 2.17. The summed E-state index contributed by atoms with van der Waals surface area (Å²) < 4.78 is 25.8. The Balaban J connectivity index is 1.50. The molecule has 1 fully saturated rings. The van der Waals surface area contributed by atoms with Gasteiger partial charge in [-0.15, -0.1) is 0 Å². The number of nitrogens with zero attached hydrogens (tertiary/aromatic N) is 3. The lowest BCUT2D eigenvalue weighted by Gasteiger charge is -2.35. The van der Waals surface area contributed by atoms with E-state index in [1.165, 1.54) is 7.05 Å². The maximum Gasteiger partial charge on any atom is 0.240 e. The lowest BCUT2D eigenvalue weighted by Crippen LogP contribution is -2.49. The fourth-order valence-electron chi connectivity index (χ4n) is 3.12. The number of carbonyl (C=O) groups excluding carboxylic acids is 1. The van der Waals surface area contributed by atoms with Crippen molar-refractivity contribution in [2.75, 3.05) is 38.1 Å². The van der Waals surface area contributed by atoms with Crippen LogP contribution in [0.4, 0.5) is 5.82 Å². The Labute approximate surface area is 170 Å². The van der Waals surface area contributed by atoms with Gasteiger partial charge in [-0.3, -0.25) is 4.79 Å². The molecule has 0 radical (unpaired) electrons. The molecule has 1 N–H and O–H groups in total. The number of benzene rings is 1. The number of anilines is 1. The average molecular weight is 423 g/mol. The molecule has 2 heterocycles. The standard InChI is InChI=1S/C19H23ClN4O3S/c1-21-28(26,27)16-8-5-15(6-9-16)7-10-19(25)24-13-11-23(12-14-24)18-4-2-3-17(20)22-18/h2-6,8-9,21H,7,10-14H2,1H3. The van der Waals surface area contributed by atoms with Crippen molar-refractivity contribution in [3.8, 4) is 0 Å². The Hall–Kier alpha value is -2.16. The molecule has 150 valence electrons. The predicted molar refractivity (Wildman–Crippen MR) is 109 cm³/mol. The average Bonchev–Trinajstić information content (AvgIpc) is 2.72. The molecule has 2 aromatic rings. The number of hydrogen-bond acceptors (Lipinski definition) is 5. The number of sulfonamides is 1. The molecule has 1 aromatic heterocycles. The minimum Gasteiger partial charge on any atom is -0.353 e. The van der Waals surface area contributed by atoms with E-state index in [-0.39, 0.29) is 10.8 Å². The first kappa shape index (κ1) is 20.6. The third-order valence-electron chi connectivity index (χ3n) is 4.79. The van der Waals surface area contributed by atoms with E-state index < -0.39 is 10.0 Å². The van der Waals surface area contributed by atoms with Gasteiger partial charge in [0.1, 0.15) is 11.0 Å². The number of aryl methyl sites for hydroxylation is 1. The largest absolute Gasteiger partial charge is 0.353 e. The smallest absolute Gasteiger partial charge is 0.240 e. The second-order valence-corrected chi connectivity index (χ2v) is 8.81. The minimum absolute atomic E-state index is 0.102. The lowest BCUT2D eigenvalue weighted by molar-refractivity contribution is -0.131. The summed E-state index contributed by atoms with van der Waals surface area (Å²) in [5, 5.41) is 0.463. The first-order valence-electron chi connectivity index (χ1n) is 9.07. The molecular formula is C19H23ClN4O3S. The number of aromatic nitrogens is 1. The molecule has 9 heteroatoms. The molecule has 1 aromatic carbocycles. The van der Waals surface area contributed by atoms with Gasteiger partial charge in [0.2, 0.25) is 15.9 Å². The van der Waals surface area contributed by atoms with Crippen LogP contribution in [0, 0.1) is 0 Å². The fourth-order valence-corrected chi connectivity index (χ4v) is 4.01. The molecule has 0 spiro atoms. The summed E-state index contributed by atoms with van der Waals surface area (Å²) in [6, 6.07) is 12.1. The zero-order valence-electron chi connectivity index (χ0n) is 15.6. The predicted octanol–water partition coefficient (Wildman–Crippen LogP) is 1.92. The molecule has 28 heavy (non-hydrogen) atoms. The van der Waals surface area contributed by atoms with Crippen LogP contribution in [0.25, 0.3) is 0 Å². The molecule has 0 atom stereocenters. The first-order valence-corrected chi connectivity index (χ1v) is 10.9. The summed E-state index contributed by atoms with van der Waals surface area (Å²) >= 11 is 5.95. The van der Waals surface area contributed by atoms with Crippen molar-refractivity contribution < 1.29 is 13.2 Å². The van der Waals surface area contributed by atoms with Crippen LogP contribution in [0.15, 0.2) is 47.4 Å². The van der Waals surface area contributed by atoms with Crippen molar-refractivity contribution in [1.29, 1.82) is 0 Å². The third-order valence-corrected chi connectivity index (χ3v) is 6.43. The van der Waals surface area contributed by atoms with E-state index in [2.05, 4.69) is 14.6 Å². The minimum atomic E-state index is -3.44. The van der Waals surface area contributed by atoms with E-state index >= 15 is 0 Å². The van der Waals surface area contributed by atoms with Gasteiger partial charge in [-0.1, -0.05) is 29.8 Å². The number of carbonyl (C=O) groups is 1. The Morgan fingerprint density at radius 3 is 2.39 bits per heavy atom. The van der Waals surface area contributed by atoms with Gasteiger partial charge < -0.3 is 9.80 Å². The van der Waals surface area contributed by atoms with Gasteiger partial charge in [-0.05, 0) is 43.3 Å². The van der Waals surface area contributed by atoms with Crippen molar-refractivity contribution in [3.05, 3.63) is 53.2 Å². The molecule has 1 saturated heterocycles. The quantitative estimate of drug-likeness (QED) is 0.719. The van der Waals surface area contributed by atoms with Gasteiger partial charge in [-0.2, -0.15) is 0 Å². The Bertz CT molecular complexity index is 926. The van der Waals surface area contributed by atoms with Crippen molar-refractivity contribution in [1.82, 2.24) is 14.6 Å². The summed E-state index contributed by atoms with van der Waals surface area (Å²) in [5.74, 6) is 0.932. The van der Waals surface area contributed by atoms with E-state index in [0.717, 1.165) is 24.5 Å². The number of pyridine rings is 1. The summed E-state index contributed by atoms with van der Waals surface area (Å²) in [7, 11) is -2.06. The van der Waals surface area contributed by atoms with Crippen LogP contribution >= 0.6 is 11.6 Å². The Kier molecular flexibility index (Phi) is 6.53.